The van der Waals surface area contributed by atoms with E-state index in [-0.39, 0.29) is 11.7 Å². The fourth-order valence-corrected chi connectivity index (χ4v) is 1.17. The third-order valence-corrected chi connectivity index (χ3v) is 2.07. The van der Waals surface area contributed by atoms with E-state index in [9.17, 15) is 9.90 Å². The first kappa shape index (κ1) is 10.5. The number of pyridine rings is 1. The van der Waals surface area contributed by atoms with E-state index in [1.807, 2.05) is 6.92 Å². The summed E-state index contributed by atoms with van der Waals surface area (Å²) in [7, 11) is 0. The summed E-state index contributed by atoms with van der Waals surface area (Å²) in [5.74, 6) is 0.0528. The molecular weight excluding hydrogens is 180 g/mol. The van der Waals surface area contributed by atoms with Gasteiger partial charge >= 0.3 is 0 Å². The van der Waals surface area contributed by atoms with Gasteiger partial charge in [0.25, 0.3) is 0 Å². The molecule has 4 nitrogen and oxygen atoms in total. The van der Waals surface area contributed by atoms with Gasteiger partial charge in [-0.15, -0.1) is 0 Å². The Labute approximate surface area is 83.0 Å². The lowest BCUT2D eigenvalue weighted by molar-refractivity contribution is -0.119. The van der Waals surface area contributed by atoms with Crippen LogP contribution < -0.4 is 5.32 Å². The summed E-state index contributed by atoms with van der Waals surface area (Å²) in [6.45, 7) is 5.37. The molecule has 0 saturated heterocycles. The number of aromatic hydroxyl groups is 1. The lowest BCUT2D eigenvalue weighted by Gasteiger charge is -2.09. The molecule has 1 rings (SSSR count). The highest BCUT2D eigenvalue weighted by molar-refractivity contribution is 5.73. The largest absolute Gasteiger partial charge is 0.506 e. The first-order chi connectivity index (χ1) is 6.52. The number of carbonyl (C=O) groups is 1. The minimum Gasteiger partial charge on any atom is -0.506 e. The molecule has 0 aliphatic rings. The first-order valence-electron chi connectivity index (χ1n) is 4.41. The van der Waals surface area contributed by atoms with Crippen LogP contribution in [0.25, 0.3) is 0 Å². The number of aryl methyl sites for hydroxylation is 2. The predicted molar refractivity (Wildman–Crippen MR) is 52.9 cm³/mol. The van der Waals surface area contributed by atoms with E-state index < -0.39 is 0 Å². The van der Waals surface area contributed by atoms with Crippen molar-refractivity contribution in [2.24, 2.45) is 0 Å². The van der Waals surface area contributed by atoms with Gasteiger partial charge in [-0.05, 0) is 19.4 Å². The summed E-state index contributed by atoms with van der Waals surface area (Å²) in [6.07, 6.45) is 1.69. The molecule has 1 amide bonds. The van der Waals surface area contributed by atoms with Crippen LogP contribution in [-0.4, -0.2) is 16.0 Å². The van der Waals surface area contributed by atoms with E-state index in [1.54, 1.807) is 13.1 Å². The topological polar surface area (TPSA) is 62.2 Å². The minimum atomic E-state index is -0.113. The van der Waals surface area contributed by atoms with Gasteiger partial charge in [0, 0.05) is 25.2 Å². The minimum absolute atomic E-state index is 0.113. The Morgan fingerprint density at radius 3 is 2.79 bits per heavy atom. The van der Waals surface area contributed by atoms with Crippen LogP contribution in [0.15, 0.2) is 6.20 Å². The molecule has 0 bridgehead atoms. The lowest BCUT2D eigenvalue weighted by Crippen LogP contribution is -2.19. The van der Waals surface area contributed by atoms with E-state index in [1.165, 1.54) is 6.92 Å². The summed E-state index contributed by atoms with van der Waals surface area (Å²) in [5, 5.41) is 12.3. The maximum Gasteiger partial charge on any atom is 0.217 e. The Morgan fingerprint density at radius 2 is 2.21 bits per heavy atom. The fourth-order valence-electron chi connectivity index (χ4n) is 1.17. The standard InChI is InChI=1S/C10H14N2O2/c1-6-4-11-7(2)10(14)9(6)5-12-8(3)13/h4,14H,5H2,1-3H3,(H,12,13). The van der Waals surface area contributed by atoms with Gasteiger partial charge in [-0.2, -0.15) is 0 Å². The molecule has 0 spiro atoms. The second-order valence-corrected chi connectivity index (χ2v) is 3.26. The quantitative estimate of drug-likeness (QED) is 0.739. The number of amides is 1. The Balaban J connectivity index is 2.95. The van der Waals surface area contributed by atoms with Crippen molar-refractivity contribution in [2.45, 2.75) is 27.3 Å². The van der Waals surface area contributed by atoms with E-state index in [2.05, 4.69) is 10.3 Å². The van der Waals surface area contributed by atoms with Crippen molar-refractivity contribution < 1.29 is 9.90 Å². The zero-order valence-corrected chi connectivity index (χ0v) is 8.59. The SMILES string of the molecule is CC(=O)NCc1c(C)cnc(C)c1O. The molecule has 1 aromatic heterocycles. The van der Waals surface area contributed by atoms with Gasteiger partial charge in [0.1, 0.15) is 5.75 Å². The number of aromatic nitrogens is 1. The molecule has 0 radical (unpaired) electrons. The van der Waals surface area contributed by atoms with Crippen LogP contribution in [0, 0.1) is 13.8 Å². The molecule has 76 valence electrons. The zero-order valence-electron chi connectivity index (χ0n) is 8.59. The lowest BCUT2D eigenvalue weighted by atomic mass is 10.1. The predicted octanol–water partition coefficient (Wildman–Crippen LogP) is 1.04. The summed E-state index contributed by atoms with van der Waals surface area (Å²) >= 11 is 0. The smallest absolute Gasteiger partial charge is 0.217 e. The molecule has 0 aromatic carbocycles. The highest BCUT2D eigenvalue weighted by Gasteiger charge is 2.08. The first-order valence-corrected chi connectivity index (χ1v) is 4.41. The van der Waals surface area contributed by atoms with Crippen LogP contribution in [0.2, 0.25) is 0 Å². The molecule has 0 unspecified atom stereocenters. The molecule has 0 aliphatic carbocycles. The Morgan fingerprint density at radius 1 is 1.57 bits per heavy atom. The van der Waals surface area contributed by atoms with Gasteiger partial charge in [-0.3, -0.25) is 9.78 Å². The highest BCUT2D eigenvalue weighted by Crippen LogP contribution is 2.22. The number of carbonyl (C=O) groups excluding carboxylic acids is 1. The van der Waals surface area contributed by atoms with E-state index in [4.69, 9.17) is 0 Å². The normalized spacial score (nSPS) is 9.93. The van der Waals surface area contributed by atoms with Gasteiger partial charge in [-0.25, -0.2) is 0 Å². The van der Waals surface area contributed by atoms with Crippen molar-refractivity contribution in [3.05, 3.63) is 23.0 Å². The van der Waals surface area contributed by atoms with Crippen LogP contribution in [0.4, 0.5) is 0 Å². The van der Waals surface area contributed by atoms with Gasteiger partial charge in [0.05, 0.1) is 5.69 Å². The molecule has 4 heteroatoms. The highest BCUT2D eigenvalue weighted by atomic mass is 16.3. The Kier molecular flexibility index (Phi) is 3.06. The summed E-state index contributed by atoms with van der Waals surface area (Å²) < 4.78 is 0. The molecule has 14 heavy (non-hydrogen) atoms. The van der Waals surface area contributed by atoms with E-state index in [0.29, 0.717) is 12.2 Å². The number of hydrogen-bond donors (Lipinski definition) is 2. The van der Waals surface area contributed by atoms with Crippen molar-refractivity contribution in [2.75, 3.05) is 0 Å². The van der Waals surface area contributed by atoms with Crippen molar-refractivity contribution in [1.29, 1.82) is 0 Å². The molecule has 1 aromatic rings. The number of nitrogens with zero attached hydrogens (tertiary/aromatic N) is 1. The molecule has 0 aliphatic heterocycles. The number of nitrogens with one attached hydrogen (secondary N) is 1. The number of rotatable bonds is 2. The van der Waals surface area contributed by atoms with Gasteiger partial charge < -0.3 is 10.4 Å². The maximum atomic E-state index is 10.7. The Hall–Kier alpha value is -1.58. The van der Waals surface area contributed by atoms with Gasteiger partial charge in [0.2, 0.25) is 5.91 Å². The second-order valence-electron chi connectivity index (χ2n) is 3.26. The van der Waals surface area contributed by atoms with Gasteiger partial charge in [0.15, 0.2) is 0 Å². The molecular formula is C10H14N2O2. The third kappa shape index (κ3) is 2.22. The molecule has 0 fully saturated rings. The fraction of sp³-hybridized carbons (Fsp3) is 0.400. The van der Waals surface area contributed by atoms with Crippen LogP contribution in [0.3, 0.4) is 0 Å². The van der Waals surface area contributed by atoms with Crippen molar-refractivity contribution in [3.8, 4) is 5.75 Å². The Bertz CT molecular complexity index is 361. The van der Waals surface area contributed by atoms with E-state index in [0.717, 1.165) is 11.1 Å². The van der Waals surface area contributed by atoms with Crippen LogP contribution in [0.5, 0.6) is 5.75 Å². The van der Waals surface area contributed by atoms with Crippen LogP contribution in [-0.2, 0) is 11.3 Å². The summed E-state index contributed by atoms with van der Waals surface area (Å²) in [6, 6.07) is 0. The van der Waals surface area contributed by atoms with Gasteiger partial charge in [-0.1, -0.05) is 0 Å². The van der Waals surface area contributed by atoms with Crippen molar-refractivity contribution >= 4 is 5.91 Å². The van der Waals surface area contributed by atoms with Crippen LogP contribution in [0.1, 0.15) is 23.7 Å². The van der Waals surface area contributed by atoms with E-state index >= 15 is 0 Å². The molecule has 1 heterocycles. The van der Waals surface area contributed by atoms with Crippen molar-refractivity contribution in [3.63, 3.8) is 0 Å². The third-order valence-electron chi connectivity index (χ3n) is 2.07. The molecule has 2 N–H and O–H groups in total. The summed E-state index contributed by atoms with van der Waals surface area (Å²) in [4.78, 5) is 14.7. The average Bonchev–Trinajstić information content (AvgIpc) is 2.11. The second kappa shape index (κ2) is 4.09. The monoisotopic (exact) mass is 194 g/mol. The summed E-state index contributed by atoms with van der Waals surface area (Å²) in [5.41, 5.74) is 2.19. The average molecular weight is 194 g/mol. The van der Waals surface area contributed by atoms with Crippen LogP contribution >= 0.6 is 0 Å². The zero-order chi connectivity index (χ0) is 10.7. The molecule has 0 atom stereocenters. The van der Waals surface area contributed by atoms with Crippen molar-refractivity contribution in [1.82, 2.24) is 10.3 Å². The number of hydrogen-bond acceptors (Lipinski definition) is 3. The molecule has 0 saturated carbocycles. The maximum absolute atomic E-state index is 10.7.